The van der Waals surface area contributed by atoms with Crippen molar-refractivity contribution in [3.8, 4) is 0 Å². The van der Waals surface area contributed by atoms with Crippen LogP contribution in [0.2, 0.25) is 0 Å². The topological polar surface area (TPSA) is 44.4 Å². The first-order valence-electron chi connectivity index (χ1n) is 6.53. The molecule has 2 N–H and O–H groups in total. The van der Waals surface area contributed by atoms with Crippen LogP contribution < -0.4 is 10.6 Å². The van der Waals surface area contributed by atoms with Gasteiger partial charge in [0.05, 0.1) is 5.92 Å². The second-order valence-electron chi connectivity index (χ2n) is 4.93. The second-order valence-corrected chi connectivity index (χ2v) is 4.93. The van der Waals surface area contributed by atoms with Crippen LogP contribution in [0, 0.1) is 5.92 Å². The Morgan fingerprint density at radius 1 is 1.39 bits per heavy atom. The number of carbonyl (C=O) groups excluding carboxylic acids is 1. The second kappa shape index (κ2) is 8.97. The lowest BCUT2D eigenvalue weighted by atomic mass is 10.0. The Morgan fingerprint density at radius 2 is 2.17 bits per heavy atom. The quantitative estimate of drug-likeness (QED) is 0.818. The van der Waals surface area contributed by atoms with Crippen molar-refractivity contribution in [2.75, 3.05) is 32.7 Å². The number of piperidine rings is 1. The SMILES string of the molecule is CCN1CCCC(NC(=O)C2CCNC2)C1.Cl.Cl. The van der Waals surface area contributed by atoms with Crippen molar-refractivity contribution in [1.82, 2.24) is 15.5 Å². The van der Waals surface area contributed by atoms with E-state index in [0.717, 1.165) is 39.0 Å². The van der Waals surface area contributed by atoms with Crippen molar-refractivity contribution in [3.05, 3.63) is 0 Å². The molecule has 0 aromatic carbocycles. The van der Waals surface area contributed by atoms with E-state index in [2.05, 4.69) is 22.5 Å². The molecule has 108 valence electrons. The van der Waals surface area contributed by atoms with E-state index in [-0.39, 0.29) is 36.6 Å². The van der Waals surface area contributed by atoms with Crippen LogP contribution in [0.3, 0.4) is 0 Å². The van der Waals surface area contributed by atoms with E-state index in [1.807, 2.05) is 0 Å². The fourth-order valence-electron chi connectivity index (χ4n) is 2.66. The summed E-state index contributed by atoms with van der Waals surface area (Å²) in [6.45, 7) is 7.35. The minimum Gasteiger partial charge on any atom is -0.352 e. The number of nitrogens with zero attached hydrogens (tertiary/aromatic N) is 1. The highest BCUT2D eigenvalue weighted by Crippen LogP contribution is 2.12. The molecule has 6 heteroatoms. The monoisotopic (exact) mass is 297 g/mol. The highest BCUT2D eigenvalue weighted by atomic mass is 35.5. The lowest BCUT2D eigenvalue weighted by Gasteiger charge is -2.32. The Morgan fingerprint density at radius 3 is 2.78 bits per heavy atom. The molecule has 1 amide bonds. The van der Waals surface area contributed by atoms with Crippen molar-refractivity contribution in [2.24, 2.45) is 5.92 Å². The summed E-state index contributed by atoms with van der Waals surface area (Å²) in [5, 5.41) is 6.44. The number of likely N-dealkylation sites (tertiary alicyclic amines) is 1. The average Bonchev–Trinajstić information content (AvgIpc) is 2.83. The molecule has 2 heterocycles. The number of amides is 1. The molecule has 0 saturated carbocycles. The van der Waals surface area contributed by atoms with Gasteiger partial charge in [0.2, 0.25) is 5.91 Å². The molecule has 2 fully saturated rings. The van der Waals surface area contributed by atoms with Gasteiger partial charge in [0.15, 0.2) is 0 Å². The highest BCUT2D eigenvalue weighted by molar-refractivity contribution is 5.85. The zero-order chi connectivity index (χ0) is 11.4. The number of carbonyl (C=O) groups is 1. The van der Waals surface area contributed by atoms with Gasteiger partial charge in [-0.05, 0) is 38.9 Å². The van der Waals surface area contributed by atoms with Crippen molar-refractivity contribution >= 4 is 30.7 Å². The Balaban J connectivity index is 0.00000144. The summed E-state index contributed by atoms with van der Waals surface area (Å²) in [6, 6.07) is 0.377. The summed E-state index contributed by atoms with van der Waals surface area (Å²) in [5.74, 6) is 0.463. The molecule has 2 atom stereocenters. The molecule has 0 aromatic heterocycles. The molecule has 0 aromatic rings. The number of rotatable bonds is 3. The Labute approximate surface area is 122 Å². The van der Waals surface area contributed by atoms with Crippen LogP contribution in [0.25, 0.3) is 0 Å². The van der Waals surface area contributed by atoms with Gasteiger partial charge in [0, 0.05) is 19.1 Å². The molecule has 2 aliphatic rings. The van der Waals surface area contributed by atoms with E-state index in [1.165, 1.54) is 13.0 Å². The lowest BCUT2D eigenvalue weighted by molar-refractivity contribution is -0.125. The largest absolute Gasteiger partial charge is 0.352 e. The first-order chi connectivity index (χ1) is 7.79. The van der Waals surface area contributed by atoms with Crippen LogP contribution in [0.4, 0.5) is 0 Å². The highest BCUT2D eigenvalue weighted by Gasteiger charge is 2.26. The number of hydrogen-bond donors (Lipinski definition) is 2. The normalized spacial score (nSPS) is 28.1. The van der Waals surface area contributed by atoms with Gasteiger partial charge in [-0.1, -0.05) is 6.92 Å². The summed E-state index contributed by atoms with van der Waals surface area (Å²) in [5.41, 5.74) is 0. The molecule has 0 aliphatic carbocycles. The van der Waals surface area contributed by atoms with Gasteiger partial charge in [-0.15, -0.1) is 24.8 Å². The minimum atomic E-state index is 0. The molecule has 0 radical (unpaired) electrons. The molecular weight excluding hydrogens is 273 g/mol. The number of likely N-dealkylation sites (N-methyl/N-ethyl adjacent to an activating group) is 1. The molecule has 18 heavy (non-hydrogen) atoms. The van der Waals surface area contributed by atoms with Gasteiger partial charge in [-0.25, -0.2) is 0 Å². The predicted molar refractivity (Wildman–Crippen MR) is 78.8 cm³/mol. The van der Waals surface area contributed by atoms with Gasteiger partial charge in [-0.2, -0.15) is 0 Å². The molecule has 0 spiro atoms. The standard InChI is InChI=1S/C12H23N3O.2ClH/c1-2-15-7-3-4-11(9-15)14-12(16)10-5-6-13-8-10;;/h10-11,13H,2-9H2,1H3,(H,14,16);2*1H. The third kappa shape index (κ3) is 4.92. The number of hydrogen-bond acceptors (Lipinski definition) is 3. The maximum Gasteiger partial charge on any atom is 0.224 e. The van der Waals surface area contributed by atoms with Crippen LogP contribution in [-0.2, 0) is 4.79 Å². The maximum atomic E-state index is 11.9. The van der Waals surface area contributed by atoms with Crippen molar-refractivity contribution in [3.63, 3.8) is 0 Å². The van der Waals surface area contributed by atoms with E-state index >= 15 is 0 Å². The molecular formula is C12H25Cl2N3O. The van der Waals surface area contributed by atoms with Crippen molar-refractivity contribution < 1.29 is 4.79 Å². The first kappa shape index (κ1) is 18.0. The molecule has 2 saturated heterocycles. The van der Waals surface area contributed by atoms with Crippen LogP contribution in [0.1, 0.15) is 26.2 Å². The van der Waals surface area contributed by atoms with Crippen molar-refractivity contribution in [2.45, 2.75) is 32.2 Å². The van der Waals surface area contributed by atoms with Gasteiger partial charge < -0.3 is 15.5 Å². The molecule has 0 bridgehead atoms. The Bertz CT molecular complexity index is 247. The van der Waals surface area contributed by atoms with Gasteiger partial charge in [0.25, 0.3) is 0 Å². The smallest absolute Gasteiger partial charge is 0.224 e. The van der Waals surface area contributed by atoms with Crippen LogP contribution in [0.15, 0.2) is 0 Å². The van der Waals surface area contributed by atoms with E-state index in [1.54, 1.807) is 0 Å². The molecule has 2 unspecified atom stereocenters. The van der Waals surface area contributed by atoms with Gasteiger partial charge >= 0.3 is 0 Å². The zero-order valence-corrected chi connectivity index (χ0v) is 12.6. The summed E-state index contributed by atoms with van der Waals surface area (Å²) in [7, 11) is 0. The van der Waals surface area contributed by atoms with E-state index in [0.29, 0.717) is 6.04 Å². The maximum absolute atomic E-state index is 11.9. The zero-order valence-electron chi connectivity index (χ0n) is 11.0. The van der Waals surface area contributed by atoms with Crippen LogP contribution in [-0.4, -0.2) is 49.6 Å². The van der Waals surface area contributed by atoms with Crippen LogP contribution in [0.5, 0.6) is 0 Å². The summed E-state index contributed by atoms with van der Waals surface area (Å²) in [4.78, 5) is 14.4. The fourth-order valence-corrected chi connectivity index (χ4v) is 2.66. The molecule has 4 nitrogen and oxygen atoms in total. The van der Waals surface area contributed by atoms with E-state index in [9.17, 15) is 4.79 Å². The fraction of sp³-hybridized carbons (Fsp3) is 0.917. The first-order valence-corrected chi connectivity index (χ1v) is 6.53. The summed E-state index contributed by atoms with van der Waals surface area (Å²) >= 11 is 0. The predicted octanol–water partition coefficient (Wildman–Crippen LogP) is 1.04. The Hall–Kier alpha value is -0.0300. The molecule has 2 aliphatic heterocycles. The minimum absolute atomic E-state index is 0. The van der Waals surface area contributed by atoms with Crippen molar-refractivity contribution in [1.29, 1.82) is 0 Å². The van der Waals surface area contributed by atoms with Gasteiger partial charge in [-0.3, -0.25) is 4.79 Å². The average molecular weight is 298 g/mol. The summed E-state index contributed by atoms with van der Waals surface area (Å²) in [6.07, 6.45) is 3.35. The Kier molecular flexibility index (Phi) is 8.95. The third-order valence-electron chi connectivity index (χ3n) is 3.73. The van der Waals surface area contributed by atoms with Crippen LogP contribution >= 0.6 is 24.8 Å². The number of nitrogens with one attached hydrogen (secondary N) is 2. The summed E-state index contributed by atoms with van der Waals surface area (Å²) < 4.78 is 0. The molecule has 2 rings (SSSR count). The number of halogens is 2. The third-order valence-corrected chi connectivity index (χ3v) is 3.73. The lowest BCUT2D eigenvalue weighted by Crippen LogP contribution is -2.49. The van der Waals surface area contributed by atoms with Gasteiger partial charge in [0.1, 0.15) is 0 Å². The van der Waals surface area contributed by atoms with E-state index < -0.39 is 0 Å². The van der Waals surface area contributed by atoms with E-state index in [4.69, 9.17) is 0 Å².